The highest BCUT2D eigenvalue weighted by atomic mass is 19.4. The van der Waals surface area contributed by atoms with E-state index in [2.05, 4.69) is 15.4 Å². The van der Waals surface area contributed by atoms with Gasteiger partial charge >= 0.3 is 6.18 Å². The molecule has 1 atom stereocenters. The van der Waals surface area contributed by atoms with Gasteiger partial charge in [0.1, 0.15) is 6.54 Å². The number of amides is 1. The molecule has 1 aliphatic rings. The summed E-state index contributed by atoms with van der Waals surface area (Å²) in [6, 6.07) is 9.12. The van der Waals surface area contributed by atoms with Gasteiger partial charge in [-0.3, -0.25) is 4.79 Å². The first-order chi connectivity index (χ1) is 11.4. The summed E-state index contributed by atoms with van der Waals surface area (Å²) >= 11 is 0. The van der Waals surface area contributed by atoms with E-state index in [4.69, 9.17) is 0 Å². The third-order valence-electron chi connectivity index (χ3n) is 4.00. The van der Waals surface area contributed by atoms with Gasteiger partial charge in [0.05, 0.1) is 5.92 Å². The molecule has 2 heterocycles. The van der Waals surface area contributed by atoms with E-state index in [1.807, 2.05) is 30.3 Å². The summed E-state index contributed by atoms with van der Waals surface area (Å²) in [4.78, 5) is 14.6. The topological polar surface area (TPSA) is 63.9 Å². The maximum atomic E-state index is 12.8. The minimum Gasteiger partial charge on any atom is -0.340 e. The number of aromatic nitrogens is 4. The zero-order valence-electron chi connectivity index (χ0n) is 12.8. The summed E-state index contributed by atoms with van der Waals surface area (Å²) in [5, 5.41) is 11.8. The van der Waals surface area contributed by atoms with E-state index in [-0.39, 0.29) is 19.5 Å². The van der Waals surface area contributed by atoms with Gasteiger partial charge in [0, 0.05) is 18.7 Å². The molecule has 24 heavy (non-hydrogen) atoms. The summed E-state index contributed by atoms with van der Waals surface area (Å²) < 4.78 is 38.5. The van der Waals surface area contributed by atoms with Crippen LogP contribution in [0, 0.1) is 5.92 Å². The van der Waals surface area contributed by atoms with Crippen molar-refractivity contribution in [3.05, 3.63) is 30.3 Å². The molecule has 1 aromatic carbocycles. The van der Waals surface area contributed by atoms with Gasteiger partial charge in [-0.15, -0.1) is 10.2 Å². The molecule has 128 valence electrons. The molecule has 1 fully saturated rings. The molecular formula is C15H16F3N5O. The first kappa shape index (κ1) is 16.4. The number of piperidine rings is 1. The lowest BCUT2D eigenvalue weighted by Gasteiger charge is -2.33. The predicted octanol–water partition coefficient (Wildman–Crippen LogP) is 2.14. The Kier molecular flexibility index (Phi) is 4.50. The van der Waals surface area contributed by atoms with Crippen LogP contribution < -0.4 is 0 Å². The molecule has 0 N–H and O–H groups in total. The number of tetrazole rings is 1. The molecule has 3 rings (SSSR count). The minimum absolute atomic E-state index is 0.0625. The second-order valence-corrected chi connectivity index (χ2v) is 5.73. The van der Waals surface area contributed by atoms with Gasteiger partial charge in [-0.05, 0) is 18.1 Å². The van der Waals surface area contributed by atoms with Crippen LogP contribution in [0.1, 0.15) is 12.8 Å². The fourth-order valence-electron chi connectivity index (χ4n) is 2.70. The highest BCUT2D eigenvalue weighted by Gasteiger charge is 2.42. The zero-order chi connectivity index (χ0) is 17.2. The normalized spacial score (nSPS) is 18.6. The fourth-order valence-corrected chi connectivity index (χ4v) is 2.70. The fraction of sp³-hybridized carbons (Fsp3) is 0.467. The average Bonchev–Trinajstić information content (AvgIpc) is 3.03. The third-order valence-corrected chi connectivity index (χ3v) is 4.00. The van der Waals surface area contributed by atoms with E-state index >= 15 is 0 Å². The lowest BCUT2D eigenvalue weighted by molar-refractivity contribution is -0.188. The summed E-state index contributed by atoms with van der Waals surface area (Å²) in [5.74, 6) is -1.52. The second kappa shape index (κ2) is 6.58. The summed E-state index contributed by atoms with van der Waals surface area (Å²) in [6.45, 7) is -0.196. The number of carbonyl (C=O) groups is 1. The van der Waals surface area contributed by atoms with Crippen molar-refractivity contribution in [1.29, 1.82) is 0 Å². The van der Waals surface area contributed by atoms with Gasteiger partial charge in [-0.2, -0.15) is 18.0 Å². The van der Waals surface area contributed by atoms with E-state index < -0.39 is 18.0 Å². The van der Waals surface area contributed by atoms with Gasteiger partial charge in [-0.1, -0.05) is 30.3 Å². The standard InChI is InChI=1S/C15H16F3N5O/c16-15(17,18)12-7-4-8-22(9-12)13(24)10-23-20-14(19-21-23)11-5-2-1-3-6-11/h1-3,5-6,12H,4,7-10H2. The highest BCUT2D eigenvalue weighted by Crippen LogP contribution is 2.33. The average molecular weight is 339 g/mol. The van der Waals surface area contributed by atoms with E-state index in [0.29, 0.717) is 18.8 Å². The Balaban J connectivity index is 1.64. The van der Waals surface area contributed by atoms with E-state index in [1.54, 1.807) is 0 Å². The quantitative estimate of drug-likeness (QED) is 0.859. The van der Waals surface area contributed by atoms with Crippen molar-refractivity contribution in [1.82, 2.24) is 25.1 Å². The van der Waals surface area contributed by atoms with Crippen LogP contribution in [0.3, 0.4) is 0 Å². The molecule has 1 aliphatic heterocycles. The Morgan fingerprint density at radius 3 is 2.71 bits per heavy atom. The van der Waals surface area contributed by atoms with Gasteiger partial charge in [0.2, 0.25) is 11.7 Å². The van der Waals surface area contributed by atoms with E-state index in [9.17, 15) is 18.0 Å². The number of hydrogen-bond acceptors (Lipinski definition) is 4. The zero-order valence-corrected chi connectivity index (χ0v) is 12.8. The SMILES string of the molecule is O=C(Cn1nnc(-c2ccccc2)n1)N1CCCC(C(F)(F)F)C1. The first-order valence-electron chi connectivity index (χ1n) is 7.61. The van der Waals surface area contributed by atoms with Crippen LogP contribution in [-0.4, -0.2) is 50.3 Å². The second-order valence-electron chi connectivity index (χ2n) is 5.73. The van der Waals surface area contributed by atoms with Crippen LogP contribution in [0.15, 0.2) is 30.3 Å². The number of likely N-dealkylation sites (tertiary alicyclic amines) is 1. The lowest BCUT2D eigenvalue weighted by Crippen LogP contribution is -2.45. The number of rotatable bonds is 3. The maximum Gasteiger partial charge on any atom is 0.393 e. The lowest BCUT2D eigenvalue weighted by atomic mass is 9.97. The molecule has 1 aromatic heterocycles. The number of carbonyl (C=O) groups excluding carboxylic acids is 1. The Labute approximate surface area is 136 Å². The summed E-state index contributed by atoms with van der Waals surface area (Å²) in [6.07, 6.45) is -3.87. The number of nitrogens with zero attached hydrogens (tertiary/aromatic N) is 5. The maximum absolute atomic E-state index is 12.8. The van der Waals surface area contributed by atoms with Crippen molar-refractivity contribution >= 4 is 5.91 Å². The van der Waals surface area contributed by atoms with Crippen LogP contribution in [0.25, 0.3) is 11.4 Å². The molecule has 0 radical (unpaired) electrons. The monoisotopic (exact) mass is 339 g/mol. The van der Waals surface area contributed by atoms with Crippen LogP contribution in [-0.2, 0) is 11.3 Å². The van der Waals surface area contributed by atoms with Crippen LogP contribution in [0.2, 0.25) is 0 Å². The molecule has 0 spiro atoms. The summed E-state index contributed by atoms with van der Waals surface area (Å²) in [7, 11) is 0. The molecule has 0 saturated carbocycles. The molecule has 1 amide bonds. The Morgan fingerprint density at radius 2 is 2.00 bits per heavy atom. The molecule has 0 aliphatic carbocycles. The van der Waals surface area contributed by atoms with Gasteiger partial charge in [0.25, 0.3) is 0 Å². The molecule has 6 nitrogen and oxygen atoms in total. The molecule has 1 unspecified atom stereocenters. The van der Waals surface area contributed by atoms with Crippen molar-refractivity contribution in [2.75, 3.05) is 13.1 Å². The Bertz CT molecular complexity index is 701. The number of hydrogen-bond donors (Lipinski definition) is 0. The Morgan fingerprint density at radius 1 is 1.25 bits per heavy atom. The number of halogens is 3. The molecular weight excluding hydrogens is 323 g/mol. The van der Waals surface area contributed by atoms with Gasteiger partial charge < -0.3 is 4.90 Å². The van der Waals surface area contributed by atoms with Crippen molar-refractivity contribution in [2.24, 2.45) is 5.92 Å². The first-order valence-corrected chi connectivity index (χ1v) is 7.61. The van der Waals surface area contributed by atoms with Crippen LogP contribution in [0.5, 0.6) is 0 Å². The van der Waals surface area contributed by atoms with Gasteiger partial charge in [0.15, 0.2) is 0 Å². The van der Waals surface area contributed by atoms with Crippen molar-refractivity contribution in [3.8, 4) is 11.4 Å². The van der Waals surface area contributed by atoms with Crippen molar-refractivity contribution in [2.45, 2.75) is 25.6 Å². The van der Waals surface area contributed by atoms with E-state index in [0.717, 1.165) is 10.4 Å². The van der Waals surface area contributed by atoms with E-state index in [1.165, 1.54) is 4.90 Å². The molecule has 9 heteroatoms. The van der Waals surface area contributed by atoms with Crippen LogP contribution in [0.4, 0.5) is 13.2 Å². The third kappa shape index (κ3) is 3.72. The minimum atomic E-state index is -4.27. The van der Waals surface area contributed by atoms with Gasteiger partial charge in [-0.25, -0.2) is 0 Å². The predicted molar refractivity (Wildman–Crippen MR) is 78.6 cm³/mol. The molecule has 2 aromatic rings. The number of alkyl halides is 3. The van der Waals surface area contributed by atoms with Crippen LogP contribution >= 0.6 is 0 Å². The summed E-state index contributed by atoms with van der Waals surface area (Å²) in [5.41, 5.74) is 0.756. The molecule has 0 bridgehead atoms. The number of benzene rings is 1. The van der Waals surface area contributed by atoms with Crippen molar-refractivity contribution in [3.63, 3.8) is 0 Å². The Hall–Kier alpha value is -2.45. The smallest absolute Gasteiger partial charge is 0.340 e. The largest absolute Gasteiger partial charge is 0.393 e. The van der Waals surface area contributed by atoms with Crippen molar-refractivity contribution < 1.29 is 18.0 Å². The highest BCUT2D eigenvalue weighted by molar-refractivity contribution is 5.76. The molecule has 1 saturated heterocycles.